The normalized spacial score (nSPS) is 15.2. The number of nitrogens with one attached hydrogen (secondary N) is 1. The molecule has 0 saturated carbocycles. The molecule has 0 unspecified atom stereocenters. The van der Waals surface area contributed by atoms with Crippen molar-refractivity contribution in [3.8, 4) is 27.8 Å². The summed E-state index contributed by atoms with van der Waals surface area (Å²) in [6, 6.07) is 8.21. The third-order valence-electron chi connectivity index (χ3n) is 4.39. The van der Waals surface area contributed by atoms with Crippen LogP contribution in [0.15, 0.2) is 29.6 Å². The van der Waals surface area contributed by atoms with Crippen LogP contribution in [0.1, 0.15) is 11.1 Å². The summed E-state index contributed by atoms with van der Waals surface area (Å²) in [4.78, 5) is 1.23. The number of hydrogen-bond donors (Lipinski definition) is 1. The van der Waals surface area contributed by atoms with Gasteiger partial charge in [-0.2, -0.15) is 5.10 Å². The molecule has 0 fully saturated rings. The smallest absolute Gasteiger partial charge is 0.163 e. The van der Waals surface area contributed by atoms with Crippen molar-refractivity contribution in [2.24, 2.45) is 0 Å². The van der Waals surface area contributed by atoms with E-state index in [2.05, 4.69) is 23.7 Å². The molecule has 2 aromatic heterocycles. The number of rotatable bonds is 2. The van der Waals surface area contributed by atoms with Crippen LogP contribution < -0.4 is 14.8 Å². The van der Waals surface area contributed by atoms with Crippen molar-refractivity contribution in [3.63, 3.8) is 0 Å². The average Bonchev–Trinajstić information content (AvgIpc) is 3.30. The van der Waals surface area contributed by atoms with Gasteiger partial charge in [0.15, 0.2) is 11.5 Å². The van der Waals surface area contributed by atoms with Crippen molar-refractivity contribution < 1.29 is 9.47 Å². The van der Waals surface area contributed by atoms with Gasteiger partial charge in [0.1, 0.15) is 24.7 Å². The zero-order chi connectivity index (χ0) is 16.1. The Labute approximate surface area is 143 Å². The summed E-state index contributed by atoms with van der Waals surface area (Å²) in [7, 11) is 0. The molecular weight excluding hydrogens is 322 g/mol. The molecule has 0 aliphatic carbocycles. The molecular formula is C18H17N3O2S. The van der Waals surface area contributed by atoms with Gasteiger partial charge < -0.3 is 14.8 Å². The van der Waals surface area contributed by atoms with Crippen molar-refractivity contribution >= 4 is 17.2 Å². The highest BCUT2D eigenvalue weighted by molar-refractivity contribution is 7.13. The SMILES string of the molecule is Cc1csc(-c2nn(-c3ccc4c(c3)OCCO4)c3c2CCN3)c1. The highest BCUT2D eigenvalue weighted by Gasteiger charge is 2.25. The quantitative estimate of drug-likeness (QED) is 0.774. The maximum absolute atomic E-state index is 5.72. The summed E-state index contributed by atoms with van der Waals surface area (Å²) in [6.45, 7) is 4.27. The first-order valence-corrected chi connectivity index (χ1v) is 8.99. The van der Waals surface area contributed by atoms with Gasteiger partial charge in [-0.25, -0.2) is 4.68 Å². The number of benzene rings is 1. The Bertz CT molecular complexity index is 928. The van der Waals surface area contributed by atoms with Gasteiger partial charge in [0.2, 0.25) is 0 Å². The number of anilines is 1. The molecule has 6 heteroatoms. The zero-order valence-corrected chi connectivity index (χ0v) is 14.2. The fourth-order valence-electron chi connectivity index (χ4n) is 3.28. The minimum atomic E-state index is 0.589. The van der Waals surface area contributed by atoms with Gasteiger partial charge in [0.05, 0.1) is 10.6 Å². The Morgan fingerprint density at radius 3 is 2.88 bits per heavy atom. The molecule has 0 amide bonds. The molecule has 24 heavy (non-hydrogen) atoms. The van der Waals surface area contributed by atoms with Crippen molar-refractivity contribution in [2.45, 2.75) is 13.3 Å². The van der Waals surface area contributed by atoms with Gasteiger partial charge in [0, 0.05) is 18.2 Å². The highest BCUT2D eigenvalue weighted by atomic mass is 32.1. The molecule has 2 aliphatic heterocycles. The summed E-state index contributed by atoms with van der Waals surface area (Å²) in [5.74, 6) is 2.68. The van der Waals surface area contributed by atoms with E-state index >= 15 is 0 Å². The second-order valence-corrected chi connectivity index (χ2v) is 6.99. The number of hydrogen-bond acceptors (Lipinski definition) is 5. The third-order valence-corrected chi connectivity index (χ3v) is 5.44. The van der Waals surface area contributed by atoms with Crippen molar-refractivity contribution in [2.75, 3.05) is 25.1 Å². The van der Waals surface area contributed by atoms with E-state index in [0.29, 0.717) is 13.2 Å². The second kappa shape index (κ2) is 5.27. The standard InChI is InChI=1S/C18H17N3O2S/c1-11-8-16(24-10-11)17-13-4-5-19-18(13)21(20-17)12-2-3-14-15(9-12)23-7-6-22-14/h2-3,8-10,19H,4-7H2,1H3. The molecule has 0 bridgehead atoms. The molecule has 5 rings (SSSR count). The second-order valence-electron chi connectivity index (χ2n) is 6.08. The summed E-state index contributed by atoms with van der Waals surface area (Å²) in [5.41, 5.74) is 4.66. The summed E-state index contributed by atoms with van der Waals surface area (Å²) >= 11 is 1.75. The Morgan fingerprint density at radius 2 is 2.04 bits per heavy atom. The number of fused-ring (bicyclic) bond motifs is 2. The van der Waals surface area contributed by atoms with Crippen LogP contribution in [0, 0.1) is 6.92 Å². The van der Waals surface area contributed by atoms with Crippen LogP contribution in [-0.4, -0.2) is 29.5 Å². The lowest BCUT2D eigenvalue weighted by Crippen LogP contribution is -2.15. The number of aromatic nitrogens is 2. The monoisotopic (exact) mass is 339 g/mol. The number of aryl methyl sites for hydroxylation is 1. The first kappa shape index (κ1) is 13.9. The Hall–Kier alpha value is -2.47. The maximum Gasteiger partial charge on any atom is 0.163 e. The van der Waals surface area contributed by atoms with Gasteiger partial charge in [-0.3, -0.25) is 0 Å². The van der Waals surface area contributed by atoms with E-state index in [-0.39, 0.29) is 0 Å². The Morgan fingerprint density at radius 1 is 1.17 bits per heavy atom. The van der Waals surface area contributed by atoms with Crippen LogP contribution in [0.5, 0.6) is 11.5 Å². The van der Waals surface area contributed by atoms with Crippen LogP contribution in [0.3, 0.4) is 0 Å². The van der Waals surface area contributed by atoms with Crippen molar-refractivity contribution in [1.29, 1.82) is 0 Å². The fourth-order valence-corrected chi connectivity index (χ4v) is 4.19. The molecule has 2 aliphatic rings. The molecule has 0 atom stereocenters. The van der Waals surface area contributed by atoms with Gasteiger partial charge >= 0.3 is 0 Å². The van der Waals surface area contributed by atoms with E-state index < -0.39 is 0 Å². The molecule has 1 aromatic carbocycles. The van der Waals surface area contributed by atoms with Crippen LogP contribution in [0.2, 0.25) is 0 Å². The van der Waals surface area contributed by atoms with E-state index in [1.54, 1.807) is 11.3 Å². The van der Waals surface area contributed by atoms with E-state index in [1.807, 2.05) is 22.9 Å². The third kappa shape index (κ3) is 2.10. The minimum absolute atomic E-state index is 0.589. The highest BCUT2D eigenvalue weighted by Crippen LogP contribution is 2.39. The number of nitrogens with zero attached hydrogens (tertiary/aromatic N) is 2. The molecule has 122 valence electrons. The summed E-state index contributed by atoms with van der Waals surface area (Å²) in [6.07, 6.45) is 1.01. The number of thiophene rings is 1. The van der Waals surface area contributed by atoms with E-state index in [4.69, 9.17) is 14.6 Å². The largest absolute Gasteiger partial charge is 0.486 e. The fraction of sp³-hybridized carbons (Fsp3) is 0.278. The first-order chi connectivity index (χ1) is 11.8. The lowest BCUT2D eigenvalue weighted by atomic mass is 10.1. The summed E-state index contributed by atoms with van der Waals surface area (Å²) in [5, 5.41) is 10.6. The van der Waals surface area contributed by atoms with Crippen molar-refractivity contribution in [3.05, 3.63) is 40.8 Å². The topological polar surface area (TPSA) is 48.3 Å². The lowest BCUT2D eigenvalue weighted by molar-refractivity contribution is 0.171. The molecule has 0 saturated heterocycles. The predicted octanol–water partition coefficient (Wildman–Crippen LogP) is 3.65. The first-order valence-electron chi connectivity index (χ1n) is 8.11. The summed E-state index contributed by atoms with van der Waals surface area (Å²) < 4.78 is 13.3. The Balaban J connectivity index is 1.64. The average molecular weight is 339 g/mol. The molecule has 0 radical (unpaired) electrons. The van der Waals surface area contributed by atoms with Crippen molar-refractivity contribution in [1.82, 2.24) is 9.78 Å². The molecule has 4 heterocycles. The molecule has 0 spiro atoms. The molecule has 1 N–H and O–H groups in total. The van der Waals surface area contributed by atoms with Gasteiger partial charge in [-0.15, -0.1) is 11.3 Å². The molecule has 3 aromatic rings. The number of ether oxygens (including phenoxy) is 2. The van der Waals surface area contributed by atoms with Crippen LogP contribution in [0.4, 0.5) is 5.82 Å². The van der Waals surface area contributed by atoms with E-state index in [1.165, 1.54) is 16.0 Å². The van der Waals surface area contributed by atoms with Crippen LogP contribution >= 0.6 is 11.3 Å². The predicted molar refractivity (Wildman–Crippen MR) is 94.8 cm³/mol. The molecule has 5 nitrogen and oxygen atoms in total. The van der Waals surface area contributed by atoms with Gasteiger partial charge in [0.25, 0.3) is 0 Å². The van der Waals surface area contributed by atoms with E-state index in [0.717, 1.165) is 41.7 Å². The van der Waals surface area contributed by atoms with E-state index in [9.17, 15) is 0 Å². The van der Waals surface area contributed by atoms with Crippen LogP contribution in [0.25, 0.3) is 16.3 Å². The van der Waals surface area contributed by atoms with Gasteiger partial charge in [-0.1, -0.05) is 0 Å². The zero-order valence-electron chi connectivity index (χ0n) is 13.3. The Kier molecular flexibility index (Phi) is 3.06. The van der Waals surface area contributed by atoms with Crippen LogP contribution in [-0.2, 0) is 6.42 Å². The minimum Gasteiger partial charge on any atom is -0.486 e. The maximum atomic E-state index is 5.72. The van der Waals surface area contributed by atoms with Gasteiger partial charge in [-0.05, 0) is 42.5 Å². The lowest BCUT2D eigenvalue weighted by Gasteiger charge is -2.19.